The molecule has 1 amide bonds. The van der Waals surface area contributed by atoms with Gasteiger partial charge >= 0.3 is 5.97 Å². The van der Waals surface area contributed by atoms with Crippen molar-refractivity contribution in [2.24, 2.45) is 0 Å². The van der Waals surface area contributed by atoms with Gasteiger partial charge in [0.1, 0.15) is 0 Å². The van der Waals surface area contributed by atoms with Gasteiger partial charge in [0.25, 0.3) is 5.91 Å². The average molecular weight is 328 g/mol. The van der Waals surface area contributed by atoms with E-state index in [0.29, 0.717) is 24.4 Å². The Labute approximate surface area is 140 Å². The van der Waals surface area contributed by atoms with Crippen molar-refractivity contribution in [2.75, 3.05) is 19.7 Å². The number of aromatic nitrogens is 1. The molecule has 1 aliphatic heterocycles. The molecule has 1 atom stereocenters. The van der Waals surface area contributed by atoms with Crippen LogP contribution in [0, 0.1) is 13.8 Å². The number of rotatable bonds is 3. The number of hydrogen-bond acceptors (Lipinski definition) is 4. The van der Waals surface area contributed by atoms with E-state index >= 15 is 0 Å². The van der Waals surface area contributed by atoms with Crippen molar-refractivity contribution in [3.8, 4) is 0 Å². The third kappa shape index (κ3) is 3.38. The molecule has 0 saturated carbocycles. The van der Waals surface area contributed by atoms with E-state index in [2.05, 4.69) is 4.98 Å². The van der Waals surface area contributed by atoms with Crippen LogP contribution in [0.1, 0.15) is 28.0 Å². The van der Waals surface area contributed by atoms with Crippen molar-refractivity contribution in [1.29, 1.82) is 0 Å². The number of morpholine rings is 1. The molecule has 3 rings (SSSR count). The maximum absolute atomic E-state index is 12.9. The highest BCUT2D eigenvalue weighted by atomic mass is 16.5. The minimum absolute atomic E-state index is 0.0993. The van der Waals surface area contributed by atoms with Crippen LogP contribution in [0.5, 0.6) is 0 Å². The zero-order chi connectivity index (χ0) is 17.3. The normalized spacial score (nSPS) is 17.9. The summed E-state index contributed by atoms with van der Waals surface area (Å²) < 4.78 is 5.43. The standard InChI is InChI=1S/C18H20N2O4/c1-11-3-4-16-13(7-11)8-15(12(2)19-16)18(23)20-5-6-24-14(10-20)9-17(21)22/h3-4,7-8,14H,5-6,9-10H2,1-2H3,(H,21,22)/t14-/m0/s1. The molecule has 126 valence electrons. The fraction of sp³-hybridized carbons (Fsp3) is 0.389. The molecule has 0 radical (unpaired) electrons. The second kappa shape index (κ2) is 6.57. The molecular formula is C18H20N2O4. The number of benzene rings is 1. The first-order chi connectivity index (χ1) is 11.4. The number of ether oxygens (including phenoxy) is 1. The summed E-state index contributed by atoms with van der Waals surface area (Å²) in [6.07, 6.45) is -0.561. The summed E-state index contributed by atoms with van der Waals surface area (Å²) in [6, 6.07) is 7.82. The van der Waals surface area contributed by atoms with Crippen molar-refractivity contribution in [1.82, 2.24) is 9.88 Å². The van der Waals surface area contributed by atoms with E-state index in [-0.39, 0.29) is 18.9 Å². The zero-order valence-corrected chi connectivity index (χ0v) is 13.8. The van der Waals surface area contributed by atoms with Crippen LogP contribution in [0.15, 0.2) is 24.3 Å². The summed E-state index contributed by atoms with van der Waals surface area (Å²) in [5.74, 6) is -1.05. The van der Waals surface area contributed by atoms with Gasteiger partial charge in [-0.05, 0) is 32.0 Å². The van der Waals surface area contributed by atoms with Gasteiger partial charge in [-0.2, -0.15) is 0 Å². The van der Waals surface area contributed by atoms with Crippen LogP contribution in [0.25, 0.3) is 10.9 Å². The zero-order valence-electron chi connectivity index (χ0n) is 13.8. The number of aliphatic carboxylic acids is 1. The second-order valence-electron chi connectivity index (χ2n) is 6.16. The number of pyridine rings is 1. The van der Waals surface area contributed by atoms with E-state index in [4.69, 9.17) is 9.84 Å². The summed E-state index contributed by atoms with van der Waals surface area (Å²) in [5, 5.41) is 9.83. The smallest absolute Gasteiger partial charge is 0.306 e. The van der Waals surface area contributed by atoms with Crippen molar-refractivity contribution < 1.29 is 19.4 Å². The van der Waals surface area contributed by atoms with Crippen LogP contribution in [0.3, 0.4) is 0 Å². The van der Waals surface area contributed by atoms with Gasteiger partial charge in [0.15, 0.2) is 0 Å². The maximum atomic E-state index is 12.9. The number of carboxylic acid groups (broad SMARTS) is 1. The molecule has 1 aliphatic rings. The van der Waals surface area contributed by atoms with Crippen LogP contribution in [-0.2, 0) is 9.53 Å². The van der Waals surface area contributed by atoms with Crippen LogP contribution < -0.4 is 0 Å². The first-order valence-electron chi connectivity index (χ1n) is 7.94. The number of carbonyl (C=O) groups excluding carboxylic acids is 1. The van der Waals surface area contributed by atoms with Gasteiger partial charge in [-0.1, -0.05) is 11.6 Å². The highest BCUT2D eigenvalue weighted by molar-refractivity contribution is 5.98. The van der Waals surface area contributed by atoms with Crippen LogP contribution in [0.2, 0.25) is 0 Å². The van der Waals surface area contributed by atoms with Crippen molar-refractivity contribution in [2.45, 2.75) is 26.4 Å². The van der Waals surface area contributed by atoms with E-state index in [1.165, 1.54) is 0 Å². The monoisotopic (exact) mass is 328 g/mol. The van der Waals surface area contributed by atoms with Crippen molar-refractivity contribution in [3.05, 3.63) is 41.1 Å². The molecule has 24 heavy (non-hydrogen) atoms. The van der Waals surface area contributed by atoms with Crippen molar-refractivity contribution in [3.63, 3.8) is 0 Å². The van der Waals surface area contributed by atoms with Crippen LogP contribution >= 0.6 is 0 Å². The van der Waals surface area contributed by atoms with E-state index in [1.807, 2.05) is 38.1 Å². The number of carbonyl (C=O) groups is 2. The summed E-state index contributed by atoms with van der Waals surface area (Å²) in [5.41, 5.74) is 3.21. The lowest BCUT2D eigenvalue weighted by Crippen LogP contribution is -2.46. The Kier molecular flexibility index (Phi) is 4.49. The number of fused-ring (bicyclic) bond motifs is 1. The second-order valence-corrected chi connectivity index (χ2v) is 6.16. The first kappa shape index (κ1) is 16.4. The van der Waals surface area contributed by atoms with Gasteiger partial charge in [0, 0.05) is 18.5 Å². The van der Waals surface area contributed by atoms with E-state index in [1.54, 1.807) is 4.90 Å². The number of carboxylic acids is 1. The first-order valence-corrected chi connectivity index (χ1v) is 7.94. The molecule has 0 aliphatic carbocycles. The predicted octanol–water partition coefficient (Wildman–Crippen LogP) is 2.17. The minimum atomic E-state index is -0.923. The number of aryl methyl sites for hydroxylation is 2. The Morgan fingerprint density at radius 3 is 2.88 bits per heavy atom. The third-order valence-corrected chi connectivity index (χ3v) is 4.22. The molecule has 2 aromatic rings. The van der Waals surface area contributed by atoms with E-state index in [9.17, 15) is 9.59 Å². The van der Waals surface area contributed by atoms with Crippen LogP contribution in [-0.4, -0.2) is 52.7 Å². The Balaban J connectivity index is 1.87. The highest BCUT2D eigenvalue weighted by Crippen LogP contribution is 2.20. The molecule has 6 heteroatoms. The lowest BCUT2D eigenvalue weighted by atomic mass is 10.1. The molecule has 0 spiro atoms. The molecule has 0 unspecified atom stereocenters. The van der Waals surface area contributed by atoms with Crippen molar-refractivity contribution >= 4 is 22.8 Å². The predicted molar refractivity (Wildman–Crippen MR) is 89.1 cm³/mol. The molecule has 1 N–H and O–H groups in total. The topological polar surface area (TPSA) is 79.7 Å². The molecule has 1 saturated heterocycles. The SMILES string of the molecule is Cc1ccc2nc(C)c(C(=O)N3CCO[C@@H](CC(=O)O)C3)cc2c1. The third-order valence-electron chi connectivity index (χ3n) is 4.22. The fourth-order valence-corrected chi connectivity index (χ4v) is 3.00. The van der Waals surface area contributed by atoms with E-state index < -0.39 is 12.1 Å². The summed E-state index contributed by atoms with van der Waals surface area (Å²) in [6.45, 7) is 4.92. The Hall–Kier alpha value is -2.47. The Bertz CT molecular complexity index is 803. The van der Waals surface area contributed by atoms with Gasteiger partial charge in [-0.25, -0.2) is 0 Å². The van der Waals surface area contributed by atoms with Gasteiger partial charge < -0.3 is 14.7 Å². The maximum Gasteiger partial charge on any atom is 0.306 e. The summed E-state index contributed by atoms with van der Waals surface area (Å²) in [7, 11) is 0. The lowest BCUT2D eigenvalue weighted by Gasteiger charge is -2.32. The summed E-state index contributed by atoms with van der Waals surface area (Å²) >= 11 is 0. The van der Waals surface area contributed by atoms with Crippen LogP contribution in [0.4, 0.5) is 0 Å². The molecule has 1 aromatic heterocycles. The summed E-state index contributed by atoms with van der Waals surface area (Å²) in [4.78, 5) is 29.9. The Morgan fingerprint density at radius 1 is 1.33 bits per heavy atom. The van der Waals surface area contributed by atoms with E-state index in [0.717, 1.165) is 16.5 Å². The molecule has 6 nitrogen and oxygen atoms in total. The largest absolute Gasteiger partial charge is 0.481 e. The molecular weight excluding hydrogens is 308 g/mol. The van der Waals surface area contributed by atoms with Gasteiger partial charge in [0.2, 0.25) is 0 Å². The van der Waals surface area contributed by atoms with Gasteiger partial charge in [0.05, 0.1) is 35.9 Å². The number of nitrogens with zero attached hydrogens (tertiary/aromatic N) is 2. The number of hydrogen-bond donors (Lipinski definition) is 1. The molecule has 2 heterocycles. The van der Waals surface area contributed by atoms with Gasteiger partial charge in [-0.3, -0.25) is 14.6 Å². The lowest BCUT2D eigenvalue weighted by molar-refractivity contribution is -0.141. The Morgan fingerprint density at radius 2 is 2.12 bits per heavy atom. The molecule has 1 fully saturated rings. The van der Waals surface area contributed by atoms with Gasteiger partial charge in [-0.15, -0.1) is 0 Å². The minimum Gasteiger partial charge on any atom is -0.481 e. The quantitative estimate of drug-likeness (QED) is 0.934. The molecule has 0 bridgehead atoms. The number of amides is 1. The average Bonchev–Trinajstić information content (AvgIpc) is 2.53. The highest BCUT2D eigenvalue weighted by Gasteiger charge is 2.27. The fourth-order valence-electron chi connectivity index (χ4n) is 3.00. The molecule has 1 aromatic carbocycles.